The number of benzene rings is 3. The highest BCUT2D eigenvalue weighted by molar-refractivity contribution is 8.00. The molecular formula is C27H18Cl2N2O4S2. The van der Waals surface area contributed by atoms with Gasteiger partial charge in [0.1, 0.15) is 17.6 Å². The maximum atomic E-state index is 13.9. The number of fused-ring (bicyclic) bond motifs is 2. The summed E-state index contributed by atoms with van der Waals surface area (Å²) in [6, 6.07) is 21.5. The molecule has 6 rings (SSSR count). The number of nitrogens with one attached hydrogen (secondary N) is 1. The lowest BCUT2D eigenvalue weighted by Gasteiger charge is -2.30. The quantitative estimate of drug-likeness (QED) is 0.293. The molecule has 4 aromatic rings. The molecule has 0 radical (unpaired) electrons. The number of amides is 2. The molecule has 2 unspecified atom stereocenters. The first-order valence-electron chi connectivity index (χ1n) is 11.4. The Morgan fingerprint density at radius 2 is 1.68 bits per heavy atom. The minimum Gasteiger partial charge on any atom is -0.489 e. The van der Waals surface area contributed by atoms with Crippen LogP contribution in [0.4, 0.5) is 5.69 Å². The van der Waals surface area contributed by atoms with Crippen molar-refractivity contribution < 1.29 is 14.3 Å². The van der Waals surface area contributed by atoms with E-state index in [-0.39, 0.29) is 23.3 Å². The van der Waals surface area contributed by atoms with Crippen LogP contribution in [0.5, 0.6) is 5.75 Å². The average molecular weight is 569 g/mol. The molecule has 0 bridgehead atoms. The number of ether oxygens (including phenoxy) is 1. The lowest BCUT2D eigenvalue weighted by Crippen LogP contribution is -2.32. The van der Waals surface area contributed by atoms with Crippen molar-refractivity contribution in [3.8, 4) is 5.75 Å². The zero-order valence-corrected chi connectivity index (χ0v) is 22.2. The van der Waals surface area contributed by atoms with Gasteiger partial charge in [0.2, 0.25) is 11.8 Å². The monoisotopic (exact) mass is 568 g/mol. The second-order valence-electron chi connectivity index (χ2n) is 8.69. The van der Waals surface area contributed by atoms with E-state index in [9.17, 15) is 14.4 Å². The van der Waals surface area contributed by atoms with Crippen LogP contribution >= 0.6 is 46.3 Å². The van der Waals surface area contributed by atoms with Crippen LogP contribution in [-0.2, 0) is 16.2 Å². The molecule has 3 heterocycles. The summed E-state index contributed by atoms with van der Waals surface area (Å²) in [5.41, 5.74) is 2.11. The summed E-state index contributed by atoms with van der Waals surface area (Å²) in [6.45, 7) is 0.271. The molecule has 2 aliphatic heterocycles. The van der Waals surface area contributed by atoms with Gasteiger partial charge in [-0.1, -0.05) is 76.6 Å². The van der Waals surface area contributed by atoms with E-state index < -0.39 is 17.1 Å². The van der Waals surface area contributed by atoms with Crippen molar-refractivity contribution in [1.82, 2.24) is 4.98 Å². The van der Waals surface area contributed by atoms with Gasteiger partial charge in [-0.3, -0.25) is 14.4 Å². The number of aromatic amines is 1. The molecular weight excluding hydrogens is 551 g/mol. The Morgan fingerprint density at radius 3 is 2.46 bits per heavy atom. The molecule has 2 aliphatic rings. The smallest absolute Gasteiger partial charge is 0.305 e. The molecule has 186 valence electrons. The van der Waals surface area contributed by atoms with Crippen molar-refractivity contribution in [2.45, 2.75) is 22.8 Å². The van der Waals surface area contributed by atoms with E-state index in [0.717, 1.165) is 27.3 Å². The predicted molar refractivity (Wildman–Crippen MR) is 146 cm³/mol. The number of thiazole rings is 1. The van der Waals surface area contributed by atoms with E-state index >= 15 is 0 Å². The number of halogens is 2. The van der Waals surface area contributed by atoms with Gasteiger partial charge in [0.15, 0.2) is 0 Å². The maximum Gasteiger partial charge on any atom is 0.305 e. The molecule has 1 N–H and O–H groups in total. The number of rotatable bonds is 5. The highest BCUT2D eigenvalue weighted by atomic mass is 35.5. The SMILES string of the molecule is O=C1C2Sc3[nH]c(=O)sc3[C@H](c3ccccc3OCc3cccc(Cl)c3)C2C(=O)N1c1ccc(Cl)cc1. The minimum atomic E-state index is -0.706. The fourth-order valence-corrected chi connectivity index (χ4v) is 7.70. The van der Waals surface area contributed by atoms with Crippen molar-refractivity contribution in [2.75, 3.05) is 4.90 Å². The number of thioether (sulfide) groups is 1. The third-order valence-corrected chi connectivity index (χ3v) is 9.33. The van der Waals surface area contributed by atoms with Gasteiger partial charge in [0.25, 0.3) is 0 Å². The van der Waals surface area contributed by atoms with Gasteiger partial charge < -0.3 is 9.72 Å². The molecule has 37 heavy (non-hydrogen) atoms. The molecule has 6 nitrogen and oxygen atoms in total. The summed E-state index contributed by atoms with van der Waals surface area (Å²) in [4.78, 5) is 44.4. The fourth-order valence-electron chi connectivity index (χ4n) is 4.85. The fraction of sp³-hybridized carbons (Fsp3) is 0.148. The van der Waals surface area contributed by atoms with E-state index in [0.29, 0.717) is 26.5 Å². The van der Waals surface area contributed by atoms with Crippen LogP contribution in [0.15, 0.2) is 82.6 Å². The number of aromatic nitrogens is 1. The molecule has 10 heteroatoms. The Hall–Kier alpha value is -3.04. The van der Waals surface area contributed by atoms with Gasteiger partial charge in [-0.05, 0) is 48.0 Å². The molecule has 3 atom stereocenters. The molecule has 2 amide bonds. The van der Waals surface area contributed by atoms with Crippen LogP contribution in [-0.4, -0.2) is 22.0 Å². The third kappa shape index (κ3) is 4.38. The van der Waals surface area contributed by atoms with Crippen molar-refractivity contribution in [3.63, 3.8) is 0 Å². The third-order valence-electron chi connectivity index (χ3n) is 6.45. The summed E-state index contributed by atoms with van der Waals surface area (Å²) < 4.78 is 6.21. The summed E-state index contributed by atoms with van der Waals surface area (Å²) >= 11 is 14.5. The number of H-pyrrole nitrogens is 1. The first-order valence-corrected chi connectivity index (χ1v) is 13.8. The Morgan fingerprint density at radius 1 is 0.892 bits per heavy atom. The first-order chi connectivity index (χ1) is 17.9. The van der Waals surface area contributed by atoms with Crippen molar-refractivity contribution in [3.05, 3.63) is 109 Å². The molecule has 3 aromatic carbocycles. The number of carbonyl (C=O) groups excluding carboxylic acids is 2. The average Bonchev–Trinajstić information content (AvgIpc) is 3.38. The van der Waals surface area contributed by atoms with E-state index in [1.165, 1.54) is 16.7 Å². The number of hydrogen-bond donors (Lipinski definition) is 1. The van der Waals surface area contributed by atoms with Crippen LogP contribution in [0.2, 0.25) is 10.0 Å². The van der Waals surface area contributed by atoms with E-state index in [2.05, 4.69) is 4.98 Å². The second kappa shape index (κ2) is 9.68. The highest BCUT2D eigenvalue weighted by Crippen LogP contribution is 2.54. The number of carbonyl (C=O) groups is 2. The zero-order chi connectivity index (χ0) is 25.7. The second-order valence-corrected chi connectivity index (χ2v) is 11.7. The van der Waals surface area contributed by atoms with E-state index in [4.69, 9.17) is 27.9 Å². The number of anilines is 1. The lowest BCUT2D eigenvalue weighted by molar-refractivity contribution is -0.122. The van der Waals surface area contributed by atoms with Crippen LogP contribution < -0.4 is 14.5 Å². The topological polar surface area (TPSA) is 79.5 Å². The molecule has 0 saturated carbocycles. The van der Waals surface area contributed by atoms with Gasteiger partial charge in [-0.2, -0.15) is 0 Å². The van der Waals surface area contributed by atoms with Crippen molar-refractivity contribution in [2.24, 2.45) is 5.92 Å². The Labute approximate surface area is 230 Å². The van der Waals surface area contributed by atoms with Crippen LogP contribution in [0.25, 0.3) is 0 Å². The van der Waals surface area contributed by atoms with Crippen LogP contribution in [0.1, 0.15) is 21.9 Å². The Kier molecular flexibility index (Phi) is 6.36. The molecule has 1 aromatic heterocycles. The normalized spacial score (nSPS) is 20.6. The van der Waals surface area contributed by atoms with Gasteiger partial charge in [0.05, 0.1) is 16.6 Å². The van der Waals surface area contributed by atoms with E-state index in [1.54, 1.807) is 30.3 Å². The van der Waals surface area contributed by atoms with Gasteiger partial charge >= 0.3 is 4.87 Å². The van der Waals surface area contributed by atoms with Gasteiger partial charge in [-0.25, -0.2) is 4.90 Å². The molecule has 0 aliphatic carbocycles. The largest absolute Gasteiger partial charge is 0.489 e. The Bertz CT molecular complexity index is 1580. The minimum absolute atomic E-state index is 0.228. The standard InChI is InChI=1S/C27H18Cl2N2O4S2/c28-15-8-10-17(11-9-15)31-25(32)21-20(22-24(30-27(34)37-22)36-23(21)26(31)33)18-6-1-2-7-19(18)35-13-14-4-3-5-16(29)12-14/h1-12,20-21,23H,13H2,(H,30,34)/t20-,21?,23?/m1/s1. The predicted octanol–water partition coefficient (Wildman–Crippen LogP) is 6.12. The summed E-state index contributed by atoms with van der Waals surface area (Å²) in [6.07, 6.45) is 0. The summed E-state index contributed by atoms with van der Waals surface area (Å²) in [7, 11) is 0. The number of nitrogens with zero attached hydrogens (tertiary/aromatic N) is 1. The molecule has 1 saturated heterocycles. The zero-order valence-electron chi connectivity index (χ0n) is 19.0. The molecule has 1 fully saturated rings. The van der Waals surface area contributed by atoms with Crippen molar-refractivity contribution in [1.29, 1.82) is 0 Å². The molecule has 0 spiro atoms. The maximum absolute atomic E-state index is 13.9. The van der Waals surface area contributed by atoms with Crippen LogP contribution in [0.3, 0.4) is 0 Å². The first kappa shape index (κ1) is 24.3. The van der Waals surface area contributed by atoms with Crippen molar-refractivity contribution >= 4 is 63.8 Å². The van der Waals surface area contributed by atoms with Gasteiger partial charge in [0, 0.05) is 26.4 Å². The van der Waals surface area contributed by atoms with E-state index in [1.807, 2.05) is 42.5 Å². The number of para-hydroxylation sites is 1. The summed E-state index contributed by atoms with van der Waals surface area (Å²) in [5, 5.41) is 1.05. The highest BCUT2D eigenvalue weighted by Gasteiger charge is 2.56. The number of hydrogen-bond acceptors (Lipinski definition) is 6. The lowest BCUT2D eigenvalue weighted by atomic mass is 9.82. The summed E-state index contributed by atoms with van der Waals surface area (Å²) in [5.74, 6) is -1.29. The number of imide groups is 1. The van der Waals surface area contributed by atoms with Crippen LogP contribution in [0, 0.1) is 5.92 Å². The Balaban J connectivity index is 1.42. The van der Waals surface area contributed by atoms with Gasteiger partial charge in [-0.15, -0.1) is 0 Å².